The highest BCUT2D eigenvalue weighted by molar-refractivity contribution is 7.99. The fraction of sp³-hybridized carbons (Fsp3) is 1.00. The molecule has 2 N–H and O–H groups in total. The lowest BCUT2D eigenvalue weighted by Gasteiger charge is -2.48. The number of alkyl halides is 1. The highest BCUT2D eigenvalue weighted by atomic mass is 32.2. The van der Waals surface area contributed by atoms with Gasteiger partial charge in [0, 0.05) is 12.6 Å². The van der Waals surface area contributed by atoms with Gasteiger partial charge in [0.05, 0.1) is 5.60 Å². The summed E-state index contributed by atoms with van der Waals surface area (Å²) >= 11 is 2.01. The van der Waals surface area contributed by atoms with Crippen LogP contribution in [0, 0.1) is 5.92 Å². The monoisotopic (exact) mass is 287 g/mol. The van der Waals surface area contributed by atoms with Gasteiger partial charge in [-0.2, -0.15) is 11.8 Å². The third-order valence-corrected chi connectivity index (χ3v) is 6.38. The number of hydrogen-bond acceptors (Lipinski definition) is 3. The third-order valence-electron chi connectivity index (χ3n) is 5.40. The van der Waals surface area contributed by atoms with E-state index in [-0.39, 0.29) is 17.6 Å². The van der Waals surface area contributed by atoms with E-state index in [0.29, 0.717) is 6.42 Å². The fourth-order valence-corrected chi connectivity index (χ4v) is 5.47. The molecule has 0 bridgehead atoms. The minimum atomic E-state index is -1.01. The van der Waals surface area contributed by atoms with Gasteiger partial charge in [-0.15, -0.1) is 0 Å². The van der Waals surface area contributed by atoms with Crippen LogP contribution in [-0.4, -0.2) is 35.4 Å². The van der Waals surface area contributed by atoms with Crippen LogP contribution in [0.2, 0.25) is 0 Å². The summed E-state index contributed by atoms with van der Waals surface area (Å²) < 4.78 is 21.4. The van der Waals surface area contributed by atoms with E-state index in [0.717, 1.165) is 51.6 Å². The Kier molecular flexibility index (Phi) is 4.12. The average molecular weight is 287 g/mol. The Balaban J connectivity index is 1.70. The Morgan fingerprint density at radius 1 is 1.11 bits per heavy atom. The minimum Gasteiger partial charge on any atom is -0.375 e. The molecule has 4 heteroatoms. The molecule has 1 saturated carbocycles. The molecule has 0 amide bonds. The molecule has 0 aromatic rings. The van der Waals surface area contributed by atoms with Crippen LogP contribution in [0.4, 0.5) is 4.39 Å². The van der Waals surface area contributed by atoms with Crippen molar-refractivity contribution in [2.75, 3.05) is 18.1 Å². The van der Waals surface area contributed by atoms with Crippen LogP contribution in [0.15, 0.2) is 0 Å². The third kappa shape index (κ3) is 2.96. The lowest BCUT2D eigenvalue weighted by molar-refractivity contribution is -0.135. The zero-order chi connectivity index (χ0) is 13.3. The highest BCUT2D eigenvalue weighted by Crippen LogP contribution is 2.48. The molecule has 0 aromatic carbocycles. The molecule has 3 rings (SSSR count). The molecule has 0 radical (unpaired) electrons. The predicted molar refractivity (Wildman–Crippen MR) is 78.2 cm³/mol. The number of thioether (sulfide) groups is 1. The van der Waals surface area contributed by atoms with Gasteiger partial charge in [-0.3, -0.25) is 0 Å². The van der Waals surface area contributed by atoms with Crippen molar-refractivity contribution in [2.45, 2.75) is 68.7 Å². The zero-order valence-electron chi connectivity index (χ0n) is 11.7. The molecular formula is C15H26FNOS. The summed E-state index contributed by atoms with van der Waals surface area (Å²) in [6, 6.07) is 0.0689. The lowest BCUT2D eigenvalue weighted by Crippen LogP contribution is -2.51. The van der Waals surface area contributed by atoms with Gasteiger partial charge >= 0.3 is 0 Å². The van der Waals surface area contributed by atoms with E-state index in [9.17, 15) is 0 Å². The highest BCUT2D eigenvalue weighted by Gasteiger charge is 2.48. The van der Waals surface area contributed by atoms with Gasteiger partial charge in [-0.25, -0.2) is 4.39 Å². The molecule has 110 valence electrons. The Hall–Kier alpha value is 0.200. The maximum absolute atomic E-state index is 15.3. The second-order valence-corrected chi connectivity index (χ2v) is 7.95. The molecule has 3 unspecified atom stereocenters. The Morgan fingerprint density at radius 2 is 1.89 bits per heavy atom. The maximum atomic E-state index is 15.3. The summed E-state index contributed by atoms with van der Waals surface area (Å²) in [5.74, 6) is 2.52. The van der Waals surface area contributed by atoms with Gasteiger partial charge < -0.3 is 10.5 Å². The molecule has 1 aliphatic carbocycles. The Bertz CT molecular complexity index is 316. The van der Waals surface area contributed by atoms with Crippen LogP contribution in [0.25, 0.3) is 0 Å². The van der Waals surface area contributed by atoms with Crippen LogP contribution in [0.1, 0.15) is 51.4 Å². The molecule has 3 fully saturated rings. The average Bonchev–Trinajstić information content (AvgIpc) is 2.39. The summed E-state index contributed by atoms with van der Waals surface area (Å²) in [6.07, 6.45) is 7.27. The molecule has 2 heterocycles. The van der Waals surface area contributed by atoms with E-state index < -0.39 is 5.67 Å². The number of halogens is 1. The molecule has 19 heavy (non-hydrogen) atoms. The van der Waals surface area contributed by atoms with Gasteiger partial charge in [0.25, 0.3) is 0 Å². The van der Waals surface area contributed by atoms with Gasteiger partial charge in [0.15, 0.2) is 0 Å². The number of nitrogens with two attached hydrogens (primary N) is 1. The van der Waals surface area contributed by atoms with Gasteiger partial charge in [-0.1, -0.05) is 0 Å². The Labute approximate surface area is 120 Å². The first-order valence-corrected chi connectivity index (χ1v) is 8.94. The van der Waals surface area contributed by atoms with Crippen molar-refractivity contribution in [3.8, 4) is 0 Å². The van der Waals surface area contributed by atoms with E-state index in [1.54, 1.807) is 0 Å². The zero-order valence-corrected chi connectivity index (χ0v) is 12.5. The van der Waals surface area contributed by atoms with Gasteiger partial charge in [-0.05, 0) is 68.8 Å². The van der Waals surface area contributed by atoms with Crippen molar-refractivity contribution in [2.24, 2.45) is 11.7 Å². The fourth-order valence-electron chi connectivity index (χ4n) is 4.23. The van der Waals surface area contributed by atoms with E-state index in [4.69, 9.17) is 10.5 Å². The number of hydrogen-bond donors (Lipinski definition) is 1. The SMILES string of the molecule is NC1CCCC(F)(C2CCOC3(CCSCC3)C2)C1. The van der Waals surface area contributed by atoms with E-state index in [2.05, 4.69) is 0 Å². The van der Waals surface area contributed by atoms with Gasteiger partial charge in [0.2, 0.25) is 0 Å². The van der Waals surface area contributed by atoms with E-state index in [1.807, 2.05) is 11.8 Å². The molecule has 0 aromatic heterocycles. The second kappa shape index (κ2) is 5.53. The van der Waals surface area contributed by atoms with Crippen LogP contribution >= 0.6 is 11.8 Å². The summed E-state index contributed by atoms with van der Waals surface area (Å²) in [5, 5.41) is 0. The smallest absolute Gasteiger partial charge is 0.115 e. The van der Waals surface area contributed by atoms with Crippen LogP contribution < -0.4 is 5.73 Å². The quantitative estimate of drug-likeness (QED) is 0.804. The van der Waals surface area contributed by atoms with Crippen molar-refractivity contribution in [1.29, 1.82) is 0 Å². The molecule has 2 nitrogen and oxygen atoms in total. The largest absolute Gasteiger partial charge is 0.375 e. The van der Waals surface area contributed by atoms with Crippen LogP contribution in [0.5, 0.6) is 0 Å². The standard InChI is InChI=1S/C15H26FNOS/c16-15(4-1-2-13(17)11-15)12-3-7-18-14(10-12)5-8-19-9-6-14/h12-13H,1-11,17H2. The van der Waals surface area contributed by atoms with E-state index >= 15 is 4.39 Å². The molecular weight excluding hydrogens is 261 g/mol. The maximum Gasteiger partial charge on any atom is 0.115 e. The lowest BCUT2D eigenvalue weighted by atomic mass is 9.68. The molecule has 3 atom stereocenters. The first-order valence-electron chi connectivity index (χ1n) is 7.78. The van der Waals surface area contributed by atoms with Crippen molar-refractivity contribution in [3.05, 3.63) is 0 Å². The summed E-state index contributed by atoms with van der Waals surface area (Å²) in [7, 11) is 0. The van der Waals surface area contributed by atoms with Crippen LogP contribution in [0.3, 0.4) is 0 Å². The topological polar surface area (TPSA) is 35.2 Å². The van der Waals surface area contributed by atoms with Crippen molar-refractivity contribution >= 4 is 11.8 Å². The van der Waals surface area contributed by atoms with Crippen molar-refractivity contribution in [3.63, 3.8) is 0 Å². The van der Waals surface area contributed by atoms with Crippen LogP contribution in [-0.2, 0) is 4.74 Å². The van der Waals surface area contributed by atoms with Crippen molar-refractivity contribution < 1.29 is 9.13 Å². The molecule has 2 aliphatic heterocycles. The first kappa shape index (κ1) is 14.2. The normalized spacial score (nSPS) is 43.3. The number of rotatable bonds is 1. The second-order valence-electron chi connectivity index (χ2n) is 6.72. The Morgan fingerprint density at radius 3 is 2.63 bits per heavy atom. The van der Waals surface area contributed by atoms with E-state index in [1.165, 1.54) is 11.5 Å². The summed E-state index contributed by atoms with van der Waals surface area (Å²) in [6.45, 7) is 0.746. The minimum absolute atomic E-state index is 0.00516. The van der Waals surface area contributed by atoms with Gasteiger partial charge in [0.1, 0.15) is 5.67 Å². The predicted octanol–water partition coefficient (Wildman–Crippen LogP) is 3.29. The molecule has 2 saturated heterocycles. The van der Waals surface area contributed by atoms with Crippen molar-refractivity contribution in [1.82, 2.24) is 0 Å². The summed E-state index contributed by atoms with van der Waals surface area (Å²) in [4.78, 5) is 0. The molecule has 3 aliphatic rings. The summed E-state index contributed by atoms with van der Waals surface area (Å²) in [5.41, 5.74) is 4.99. The first-order chi connectivity index (χ1) is 9.12. The molecule has 1 spiro atoms. The number of ether oxygens (including phenoxy) is 1.